The van der Waals surface area contributed by atoms with Crippen molar-refractivity contribution in [2.24, 2.45) is 0 Å². The molecule has 2 rings (SSSR count). The number of rotatable bonds is 7. The predicted octanol–water partition coefficient (Wildman–Crippen LogP) is 1.37. The van der Waals surface area contributed by atoms with Crippen LogP contribution < -0.4 is 5.32 Å². The fourth-order valence-corrected chi connectivity index (χ4v) is 3.13. The van der Waals surface area contributed by atoms with Gasteiger partial charge in [0, 0.05) is 6.42 Å². The molecular weight excluding hydrogens is 318 g/mol. The predicted molar refractivity (Wildman–Crippen MR) is 85.7 cm³/mol. The van der Waals surface area contributed by atoms with Crippen molar-refractivity contribution in [3.8, 4) is 0 Å². The van der Waals surface area contributed by atoms with Crippen molar-refractivity contribution in [3.63, 3.8) is 0 Å². The normalized spacial score (nSPS) is 11.7. The van der Waals surface area contributed by atoms with Crippen LogP contribution in [0.4, 0.5) is 0 Å². The standard InChI is InChI=1S/C15H21N3O4S/c1-4-15(20,21)13-10(2)17-18(14(13)23-3)9-12(19)16-8-11-6-5-7-22-11/h5-7,20-21H,4,8-9H2,1-3H3,(H,16,19). The van der Waals surface area contributed by atoms with Crippen molar-refractivity contribution in [2.45, 2.75) is 44.2 Å². The van der Waals surface area contributed by atoms with Crippen LogP contribution in [0.25, 0.3) is 0 Å². The first-order chi connectivity index (χ1) is 10.9. The van der Waals surface area contributed by atoms with E-state index < -0.39 is 5.79 Å². The third-order valence-corrected chi connectivity index (χ3v) is 4.30. The van der Waals surface area contributed by atoms with Gasteiger partial charge in [-0.05, 0) is 25.3 Å². The molecule has 1 amide bonds. The van der Waals surface area contributed by atoms with E-state index in [-0.39, 0.29) is 18.9 Å². The van der Waals surface area contributed by atoms with E-state index in [9.17, 15) is 15.0 Å². The molecule has 2 heterocycles. The Morgan fingerprint density at radius 1 is 1.52 bits per heavy atom. The summed E-state index contributed by atoms with van der Waals surface area (Å²) in [5, 5.41) is 27.9. The quantitative estimate of drug-likeness (QED) is 0.520. The van der Waals surface area contributed by atoms with Gasteiger partial charge in [-0.15, -0.1) is 11.8 Å². The number of furan rings is 1. The number of hydrogen-bond acceptors (Lipinski definition) is 6. The van der Waals surface area contributed by atoms with Crippen molar-refractivity contribution in [1.29, 1.82) is 0 Å². The molecule has 7 nitrogen and oxygen atoms in total. The van der Waals surface area contributed by atoms with E-state index in [4.69, 9.17) is 4.42 Å². The maximum Gasteiger partial charge on any atom is 0.242 e. The molecule has 0 fully saturated rings. The van der Waals surface area contributed by atoms with Gasteiger partial charge >= 0.3 is 0 Å². The minimum atomic E-state index is -1.95. The van der Waals surface area contributed by atoms with Gasteiger partial charge in [-0.2, -0.15) is 5.10 Å². The molecule has 0 aliphatic rings. The van der Waals surface area contributed by atoms with Crippen LogP contribution in [0, 0.1) is 6.92 Å². The Morgan fingerprint density at radius 2 is 2.26 bits per heavy atom. The fraction of sp³-hybridized carbons (Fsp3) is 0.467. The Balaban J connectivity index is 2.13. The number of nitrogens with one attached hydrogen (secondary N) is 1. The van der Waals surface area contributed by atoms with Gasteiger partial charge in [-0.25, -0.2) is 4.68 Å². The SMILES string of the molecule is CCC(O)(O)c1c(C)nn(CC(=O)NCc2ccco2)c1SC. The summed E-state index contributed by atoms with van der Waals surface area (Å²) in [5.74, 6) is -1.52. The second-order valence-electron chi connectivity index (χ2n) is 5.15. The molecule has 0 spiro atoms. The Labute approximate surface area is 138 Å². The lowest BCUT2D eigenvalue weighted by atomic mass is 10.1. The summed E-state index contributed by atoms with van der Waals surface area (Å²) in [6.07, 6.45) is 3.49. The summed E-state index contributed by atoms with van der Waals surface area (Å²) in [4.78, 5) is 12.1. The van der Waals surface area contributed by atoms with Crippen LogP contribution in [-0.4, -0.2) is 32.2 Å². The zero-order chi connectivity index (χ0) is 17.0. The maximum atomic E-state index is 12.1. The average molecular weight is 339 g/mol. The van der Waals surface area contributed by atoms with Gasteiger partial charge in [0.25, 0.3) is 0 Å². The summed E-state index contributed by atoms with van der Waals surface area (Å²) in [6.45, 7) is 3.67. The van der Waals surface area contributed by atoms with Crippen LogP contribution in [0.2, 0.25) is 0 Å². The number of aryl methyl sites for hydroxylation is 1. The fourth-order valence-electron chi connectivity index (χ4n) is 2.30. The van der Waals surface area contributed by atoms with Crippen molar-refractivity contribution in [2.75, 3.05) is 6.26 Å². The van der Waals surface area contributed by atoms with Crippen LogP contribution in [0.5, 0.6) is 0 Å². The summed E-state index contributed by atoms with van der Waals surface area (Å²) < 4.78 is 6.64. The minimum Gasteiger partial charge on any atom is -0.467 e. The molecule has 0 unspecified atom stereocenters. The lowest BCUT2D eigenvalue weighted by Gasteiger charge is -2.20. The maximum absolute atomic E-state index is 12.1. The molecule has 0 aliphatic carbocycles. The molecule has 126 valence electrons. The Hall–Kier alpha value is -1.77. The molecule has 0 saturated carbocycles. The largest absolute Gasteiger partial charge is 0.467 e. The van der Waals surface area contributed by atoms with E-state index in [1.54, 1.807) is 32.2 Å². The molecule has 0 saturated heterocycles. The molecule has 8 heteroatoms. The zero-order valence-corrected chi connectivity index (χ0v) is 14.2. The third-order valence-electron chi connectivity index (χ3n) is 3.50. The number of carbonyl (C=O) groups is 1. The van der Waals surface area contributed by atoms with Crippen molar-refractivity contribution in [1.82, 2.24) is 15.1 Å². The van der Waals surface area contributed by atoms with E-state index >= 15 is 0 Å². The smallest absolute Gasteiger partial charge is 0.242 e. The van der Waals surface area contributed by atoms with Crippen LogP contribution >= 0.6 is 11.8 Å². The van der Waals surface area contributed by atoms with Gasteiger partial charge in [-0.3, -0.25) is 4.79 Å². The lowest BCUT2D eigenvalue weighted by Crippen LogP contribution is -2.28. The van der Waals surface area contributed by atoms with E-state index in [0.29, 0.717) is 28.6 Å². The molecular formula is C15H21N3O4S. The van der Waals surface area contributed by atoms with E-state index in [2.05, 4.69) is 10.4 Å². The number of thioether (sulfide) groups is 1. The molecule has 2 aromatic rings. The van der Waals surface area contributed by atoms with Crippen LogP contribution in [0.3, 0.4) is 0 Å². The molecule has 0 radical (unpaired) electrons. The monoisotopic (exact) mass is 339 g/mol. The number of aliphatic hydroxyl groups is 2. The number of nitrogens with zero attached hydrogens (tertiary/aromatic N) is 2. The average Bonchev–Trinajstić information content (AvgIpc) is 3.12. The number of carbonyl (C=O) groups excluding carboxylic acids is 1. The van der Waals surface area contributed by atoms with Gasteiger partial charge in [0.15, 0.2) is 5.79 Å². The van der Waals surface area contributed by atoms with E-state index in [0.717, 1.165) is 0 Å². The zero-order valence-electron chi connectivity index (χ0n) is 13.4. The second-order valence-corrected chi connectivity index (χ2v) is 5.95. The molecule has 23 heavy (non-hydrogen) atoms. The highest BCUT2D eigenvalue weighted by atomic mass is 32.2. The second kappa shape index (κ2) is 7.20. The molecule has 0 bridgehead atoms. The molecule has 3 N–H and O–H groups in total. The Morgan fingerprint density at radius 3 is 2.83 bits per heavy atom. The Kier molecular flexibility index (Phi) is 5.51. The van der Waals surface area contributed by atoms with Gasteiger partial charge in [0.05, 0.1) is 24.1 Å². The van der Waals surface area contributed by atoms with Gasteiger partial charge < -0.3 is 19.9 Å². The first-order valence-electron chi connectivity index (χ1n) is 7.24. The highest BCUT2D eigenvalue weighted by molar-refractivity contribution is 7.98. The first kappa shape index (κ1) is 17.6. The highest BCUT2D eigenvalue weighted by Crippen LogP contribution is 2.33. The van der Waals surface area contributed by atoms with Gasteiger partial charge in [-0.1, -0.05) is 6.92 Å². The van der Waals surface area contributed by atoms with Crippen molar-refractivity contribution >= 4 is 17.7 Å². The Bertz CT molecular complexity index is 665. The number of aromatic nitrogens is 2. The minimum absolute atomic E-state index is 0.00246. The van der Waals surface area contributed by atoms with E-state index in [1.807, 2.05) is 6.26 Å². The molecule has 0 aliphatic heterocycles. The summed E-state index contributed by atoms with van der Waals surface area (Å²) in [5.41, 5.74) is 0.853. The molecule has 0 atom stereocenters. The topological polar surface area (TPSA) is 101 Å². The van der Waals surface area contributed by atoms with E-state index in [1.165, 1.54) is 16.4 Å². The van der Waals surface area contributed by atoms with Crippen LogP contribution in [0.1, 0.15) is 30.4 Å². The highest BCUT2D eigenvalue weighted by Gasteiger charge is 2.32. The van der Waals surface area contributed by atoms with Crippen LogP contribution in [0.15, 0.2) is 27.8 Å². The van der Waals surface area contributed by atoms with Gasteiger partial charge in [0.2, 0.25) is 5.91 Å². The number of hydrogen-bond donors (Lipinski definition) is 3. The summed E-state index contributed by atoms with van der Waals surface area (Å²) in [6, 6.07) is 3.53. The van der Waals surface area contributed by atoms with Crippen molar-refractivity contribution in [3.05, 3.63) is 35.4 Å². The summed E-state index contributed by atoms with van der Waals surface area (Å²) in [7, 11) is 0. The first-order valence-corrected chi connectivity index (χ1v) is 8.47. The third kappa shape index (κ3) is 3.95. The molecule has 0 aromatic carbocycles. The van der Waals surface area contributed by atoms with Gasteiger partial charge in [0.1, 0.15) is 17.3 Å². The van der Waals surface area contributed by atoms with Crippen molar-refractivity contribution < 1.29 is 19.4 Å². The lowest BCUT2D eigenvalue weighted by molar-refractivity contribution is -0.173. The number of amides is 1. The van der Waals surface area contributed by atoms with Crippen LogP contribution in [-0.2, 0) is 23.7 Å². The molecule has 2 aromatic heterocycles. The summed E-state index contributed by atoms with van der Waals surface area (Å²) >= 11 is 1.32.